The summed E-state index contributed by atoms with van der Waals surface area (Å²) in [4.78, 5) is 4.03. The van der Waals surface area contributed by atoms with E-state index < -0.39 is 5.79 Å². The summed E-state index contributed by atoms with van der Waals surface area (Å²) < 4.78 is 0. The van der Waals surface area contributed by atoms with E-state index in [1.165, 1.54) is 0 Å². The Kier molecular flexibility index (Phi) is 1.53. The molecule has 1 heterocycles. The molecule has 3 N–H and O–H groups in total. The van der Waals surface area contributed by atoms with Gasteiger partial charge in [-0.1, -0.05) is 6.92 Å². The molecule has 0 fully saturated rings. The summed E-state index contributed by atoms with van der Waals surface area (Å²) in [5.41, 5.74) is 5.70. The van der Waals surface area contributed by atoms with Crippen LogP contribution in [0.15, 0.2) is 17.3 Å². The second kappa shape index (κ2) is 2.19. The van der Waals surface area contributed by atoms with Crippen LogP contribution in [0.4, 0.5) is 0 Å². The highest BCUT2D eigenvalue weighted by molar-refractivity contribution is 5.72. The maximum atomic E-state index is 5.70. The maximum absolute atomic E-state index is 5.70. The van der Waals surface area contributed by atoms with Crippen molar-refractivity contribution in [2.75, 3.05) is 0 Å². The normalized spacial score (nSPS) is 32.2. The summed E-state index contributed by atoms with van der Waals surface area (Å²) >= 11 is 0. The molecule has 0 aromatic heterocycles. The van der Waals surface area contributed by atoms with Crippen LogP contribution in [-0.2, 0) is 0 Å². The molecule has 0 spiro atoms. The van der Waals surface area contributed by atoms with Gasteiger partial charge in [0.1, 0.15) is 0 Å². The second-order valence-corrected chi connectivity index (χ2v) is 2.06. The van der Waals surface area contributed by atoms with Gasteiger partial charge < -0.3 is 5.32 Å². The molecule has 1 aliphatic rings. The number of hydrogen-bond acceptors (Lipinski definition) is 3. The Morgan fingerprint density at radius 1 is 1.78 bits per heavy atom. The average molecular weight is 125 g/mol. The van der Waals surface area contributed by atoms with Gasteiger partial charge in [-0.3, -0.25) is 10.7 Å². The quantitative estimate of drug-likeness (QED) is 0.526. The number of rotatable bonds is 1. The third-order valence-corrected chi connectivity index (χ3v) is 1.36. The minimum Gasteiger partial charge on any atom is -0.355 e. The third-order valence-electron chi connectivity index (χ3n) is 1.36. The molecule has 0 radical (unpaired) electrons. The van der Waals surface area contributed by atoms with Crippen LogP contribution in [0.5, 0.6) is 0 Å². The molecule has 0 saturated heterocycles. The lowest BCUT2D eigenvalue weighted by Gasteiger charge is -2.25. The fourth-order valence-corrected chi connectivity index (χ4v) is 0.642. The molecular weight excluding hydrogens is 114 g/mol. The molecule has 0 aromatic carbocycles. The van der Waals surface area contributed by atoms with Crippen LogP contribution < -0.4 is 11.1 Å². The van der Waals surface area contributed by atoms with Crippen molar-refractivity contribution in [1.82, 2.24) is 5.32 Å². The monoisotopic (exact) mass is 125 g/mol. The largest absolute Gasteiger partial charge is 0.355 e. The maximum Gasteiger partial charge on any atom is 0.181 e. The lowest BCUT2D eigenvalue weighted by atomic mass is 10.2. The van der Waals surface area contributed by atoms with Crippen LogP contribution in [0.1, 0.15) is 13.3 Å². The molecule has 1 rings (SSSR count). The summed E-state index contributed by atoms with van der Waals surface area (Å²) in [6.07, 6.45) is 6.13. The van der Waals surface area contributed by atoms with E-state index in [-0.39, 0.29) is 0 Å². The van der Waals surface area contributed by atoms with Crippen LogP contribution in [0.2, 0.25) is 0 Å². The van der Waals surface area contributed by atoms with Gasteiger partial charge >= 0.3 is 0 Å². The van der Waals surface area contributed by atoms with Gasteiger partial charge in [0.05, 0.1) is 0 Å². The minimum absolute atomic E-state index is 0.547. The van der Waals surface area contributed by atoms with E-state index in [0.717, 1.165) is 6.42 Å². The Bertz CT molecular complexity index is 150. The van der Waals surface area contributed by atoms with Crippen LogP contribution >= 0.6 is 0 Å². The number of nitrogens with one attached hydrogen (secondary N) is 1. The molecule has 0 amide bonds. The standard InChI is InChI=1S/C6H11N3/c1-2-6(7)8-4-3-5-9-6/h3-5,8H,2,7H2,1H3. The lowest BCUT2D eigenvalue weighted by molar-refractivity contribution is 0.382. The van der Waals surface area contributed by atoms with E-state index in [1.54, 1.807) is 12.4 Å². The van der Waals surface area contributed by atoms with Crippen molar-refractivity contribution in [1.29, 1.82) is 0 Å². The Morgan fingerprint density at radius 2 is 2.56 bits per heavy atom. The number of allylic oxidation sites excluding steroid dienone is 1. The van der Waals surface area contributed by atoms with Gasteiger partial charge in [0, 0.05) is 18.8 Å². The zero-order chi connectivity index (χ0) is 6.74. The molecule has 1 atom stereocenters. The number of nitrogens with two attached hydrogens (primary N) is 1. The molecule has 1 aliphatic heterocycles. The van der Waals surface area contributed by atoms with Crippen molar-refractivity contribution in [2.45, 2.75) is 19.1 Å². The van der Waals surface area contributed by atoms with Crippen LogP contribution in [0, 0.1) is 0 Å². The summed E-state index contributed by atoms with van der Waals surface area (Å²) in [5, 5.41) is 2.94. The molecule has 0 saturated carbocycles. The highest BCUT2D eigenvalue weighted by Crippen LogP contribution is 2.04. The Morgan fingerprint density at radius 3 is 2.89 bits per heavy atom. The predicted molar refractivity (Wildman–Crippen MR) is 38.0 cm³/mol. The van der Waals surface area contributed by atoms with E-state index >= 15 is 0 Å². The second-order valence-electron chi connectivity index (χ2n) is 2.06. The zero-order valence-corrected chi connectivity index (χ0v) is 5.46. The topological polar surface area (TPSA) is 50.4 Å². The van der Waals surface area contributed by atoms with E-state index in [4.69, 9.17) is 5.73 Å². The van der Waals surface area contributed by atoms with Crippen molar-refractivity contribution in [2.24, 2.45) is 10.7 Å². The molecule has 3 nitrogen and oxygen atoms in total. The first kappa shape index (κ1) is 6.29. The number of nitrogens with zero attached hydrogens (tertiary/aromatic N) is 1. The van der Waals surface area contributed by atoms with Crippen LogP contribution in [-0.4, -0.2) is 12.0 Å². The summed E-state index contributed by atoms with van der Waals surface area (Å²) in [5.74, 6) is -0.547. The van der Waals surface area contributed by atoms with E-state index in [0.29, 0.717) is 0 Å². The minimum atomic E-state index is -0.547. The fraction of sp³-hybridized carbons (Fsp3) is 0.500. The molecule has 0 aromatic rings. The van der Waals surface area contributed by atoms with Gasteiger partial charge in [0.25, 0.3) is 0 Å². The smallest absolute Gasteiger partial charge is 0.181 e. The van der Waals surface area contributed by atoms with Gasteiger partial charge in [0.2, 0.25) is 0 Å². The Hall–Kier alpha value is -0.830. The van der Waals surface area contributed by atoms with Crippen LogP contribution in [0.25, 0.3) is 0 Å². The third kappa shape index (κ3) is 1.29. The van der Waals surface area contributed by atoms with Gasteiger partial charge in [-0.15, -0.1) is 0 Å². The van der Waals surface area contributed by atoms with Gasteiger partial charge in [-0.2, -0.15) is 0 Å². The van der Waals surface area contributed by atoms with E-state index in [1.807, 2.05) is 13.0 Å². The summed E-state index contributed by atoms with van der Waals surface area (Å²) in [7, 11) is 0. The molecule has 9 heavy (non-hydrogen) atoms. The van der Waals surface area contributed by atoms with Gasteiger partial charge in [-0.25, -0.2) is 0 Å². The number of aliphatic imine (C=N–C) groups is 1. The number of hydrogen-bond donors (Lipinski definition) is 2. The van der Waals surface area contributed by atoms with Crippen molar-refractivity contribution < 1.29 is 0 Å². The molecule has 0 bridgehead atoms. The summed E-state index contributed by atoms with van der Waals surface area (Å²) in [6, 6.07) is 0. The predicted octanol–water partition coefficient (Wildman–Crippen LogP) is 0.197. The van der Waals surface area contributed by atoms with Crippen molar-refractivity contribution in [3.8, 4) is 0 Å². The van der Waals surface area contributed by atoms with Crippen molar-refractivity contribution in [3.63, 3.8) is 0 Å². The van der Waals surface area contributed by atoms with Gasteiger partial charge in [0.15, 0.2) is 5.79 Å². The van der Waals surface area contributed by atoms with E-state index in [9.17, 15) is 0 Å². The first-order valence-electron chi connectivity index (χ1n) is 3.04. The Labute approximate surface area is 54.7 Å². The lowest BCUT2D eigenvalue weighted by Crippen LogP contribution is -2.49. The Balaban J connectivity index is 2.63. The highest BCUT2D eigenvalue weighted by atomic mass is 15.2. The molecule has 0 aliphatic carbocycles. The SMILES string of the molecule is CCC1(N)N=CC=CN1. The van der Waals surface area contributed by atoms with Crippen molar-refractivity contribution >= 4 is 6.21 Å². The van der Waals surface area contributed by atoms with E-state index in [2.05, 4.69) is 10.3 Å². The zero-order valence-electron chi connectivity index (χ0n) is 5.46. The van der Waals surface area contributed by atoms with Crippen molar-refractivity contribution in [3.05, 3.63) is 12.3 Å². The summed E-state index contributed by atoms with van der Waals surface area (Å²) in [6.45, 7) is 1.99. The first-order valence-corrected chi connectivity index (χ1v) is 3.04. The van der Waals surface area contributed by atoms with Gasteiger partial charge in [-0.05, 0) is 6.08 Å². The molecule has 50 valence electrons. The highest BCUT2D eigenvalue weighted by Gasteiger charge is 2.18. The molecule has 1 unspecified atom stereocenters. The average Bonchev–Trinajstić information content (AvgIpc) is 1.90. The first-order chi connectivity index (χ1) is 4.27. The fourth-order valence-electron chi connectivity index (χ4n) is 0.642. The van der Waals surface area contributed by atoms with Crippen LogP contribution in [0.3, 0.4) is 0 Å². The molecule has 3 heteroatoms. The molecular formula is C6H11N3.